The summed E-state index contributed by atoms with van der Waals surface area (Å²) in [5, 5.41) is 0. The number of aromatic nitrogens is 1. The topological polar surface area (TPSA) is 64.0 Å². The lowest BCUT2D eigenvalue weighted by Gasteiger charge is -2.18. The molecule has 0 atom stereocenters. The monoisotopic (exact) mass is 400 g/mol. The van der Waals surface area contributed by atoms with Gasteiger partial charge in [-0.05, 0) is 23.8 Å². The third-order valence-corrected chi connectivity index (χ3v) is 6.14. The van der Waals surface area contributed by atoms with Gasteiger partial charge < -0.3 is 4.74 Å². The number of nitrogens with zero attached hydrogens (tertiary/aromatic N) is 2. The zero-order chi connectivity index (χ0) is 20.0. The zero-order valence-electron chi connectivity index (χ0n) is 15.5. The molecule has 0 unspecified atom stereocenters. The maximum Gasteiger partial charge on any atom is 0.387 e. The molecular formula is C18H24F2N3O3S+. The second-order valence-corrected chi connectivity index (χ2v) is 7.82. The number of pyridine rings is 1. The summed E-state index contributed by atoms with van der Waals surface area (Å²) in [6, 6.07) is 9.64. The zero-order valence-corrected chi connectivity index (χ0v) is 16.3. The van der Waals surface area contributed by atoms with E-state index in [1.165, 1.54) is 22.6 Å². The first-order valence-corrected chi connectivity index (χ1v) is 9.98. The van der Waals surface area contributed by atoms with Crippen LogP contribution in [-0.4, -0.2) is 39.5 Å². The Bertz CT molecular complexity index is 824. The predicted octanol–water partition coefficient (Wildman–Crippen LogP) is 2.77. The van der Waals surface area contributed by atoms with Gasteiger partial charge in [0.15, 0.2) is 0 Å². The molecule has 2 aromatic rings. The fourth-order valence-electron chi connectivity index (χ4n) is 2.65. The molecule has 1 aromatic heterocycles. The van der Waals surface area contributed by atoms with Crippen molar-refractivity contribution >= 4 is 15.8 Å². The largest absolute Gasteiger partial charge is 0.435 e. The van der Waals surface area contributed by atoms with Gasteiger partial charge in [-0.3, -0.25) is 4.90 Å². The quantitative estimate of drug-likeness (QED) is 0.649. The molecule has 1 N–H and O–H groups in total. The summed E-state index contributed by atoms with van der Waals surface area (Å²) in [5.74, 6) is 0.829. The van der Waals surface area contributed by atoms with Crippen molar-refractivity contribution in [2.24, 2.45) is 0 Å². The highest BCUT2D eigenvalue weighted by molar-refractivity contribution is 7.89. The summed E-state index contributed by atoms with van der Waals surface area (Å²) in [5.41, 5.74) is 0.896. The molecule has 9 heteroatoms. The lowest BCUT2D eigenvalue weighted by molar-refractivity contribution is -0.367. The highest BCUT2D eigenvalue weighted by Gasteiger charge is 2.23. The number of hydrogen-bond acceptors (Lipinski definition) is 4. The van der Waals surface area contributed by atoms with Crippen LogP contribution in [0.1, 0.15) is 19.4 Å². The van der Waals surface area contributed by atoms with E-state index in [0.29, 0.717) is 19.6 Å². The summed E-state index contributed by atoms with van der Waals surface area (Å²) in [4.78, 5) is 5.09. The standard InChI is InChI=1S/C18H23F2N3O3S/c1-4-23(5-2)27(24,25)16-10-11-17(21-12-16)22(3)13-14-6-8-15(9-7-14)26-18(19)20/h6-12,18H,4-5,13H2,1-3H3/p+1. The van der Waals surface area contributed by atoms with E-state index in [0.717, 1.165) is 11.4 Å². The fourth-order valence-corrected chi connectivity index (χ4v) is 4.07. The molecule has 0 fully saturated rings. The van der Waals surface area contributed by atoms with E-state index in [1.54, 1.807) is 38.1 Å². The first kappa shape index (κ1) is 21.0. The van der Waals surface area contributed by atoms with Gasteiger partial charge in [-0.25, -0.2) is 13.4 Å². The van der Waals surface area contributed by atoms with Crippen LogP contribution in [-0.2, 0) is 16.6 Å². The lowest BCUT2D eigenvalue weighted by atomic mass is 10.2. The number of ether oxygens (including phenoxy) is 1. The van der Waals surface area contributed by atoms with Crippen molar-refractivity contribution in [2.45, 2.75) is 31.9 Å². The van der Waals surface area contributed by atoms with Crippen LogP contribution in [0.2, 0.25) is 0 Å². The second kappa shape index (κ2) is 9.09. The molecule has 0 radical (unpaired) electrons. The molecule has 27 heavy (non-hydrogen) atoms. The Morgan fingerprint density at radius 1 is 1.07 bits per heavy atom. The van der Waals surface area contributed by atoms with Gasteiger partial charge >= 0.3 is 6.61 Å². The van der Waals surface area contributed by atoms with Crippen LogP contribution in [0.3, 0.4) is 0 Å². The van der Waals surface area contributed by atoms with Crippen LogP contribution in [0.5, 0.6) is 5.75 Å². The van der Waals surface area contributed by atoms with Crippen molar-refractivity contribution in [3.05, 3.63) is 48.2 Å². The van der Waals surface area contributed by atoms with Gasteiger partial charge in [0.2, 0.25) is 10.0 Å². The van der Waals surface area contributed by atoms with Crippen molar-refractivity contribution in [1.82, 2.24) is 4.31 Å². The number of nitrogens with one attached hydrogen (secondary N) is 1. The molecule has 2 rings (SSSR count). The molecule has 0 amide bonds. The van der Waals surface area contributed by atoms with Gasteiger partial charge in [-0.15, -0.1) is 0 Å². The summed E-state index contributed by atoms with van der Waals surface area (Å²) in [6.45, 7) is 2.07. The SMILES string of the molecule is CCN(CC)S(=O)(=O)c1ccc(N(C)Cc2ccc(OC(F)F)cc2)[nH+]c1. The van der Waals surface area contributed by atoms with Crippen molar-refractivity contribution in [3.8, 4) is 5.75 Å². The third-order valence-electron chi connectivity index (χ3n) is 4.09. The molecular weight excluding hydrogens is 376 g/mol. The minimum Gasteiger partial charge on any atom is -0.435 e. The third kappa shape index (κ3) is 5.36. The summed E-state index contributed by atoms with van der Waals surface area (Å²) in [7, 11) is -1.67. The fraction of sp³-hybridized carbons (Fsp3) is 0.389. The number of H-pyrrole nitrogens is 1. The second-order valence-electron chi connectivity index (χ2n) is 5.88. The van der Waals surface area contributed by atoms with E-state index in [9.17, 15) is 17.2 Å². The van der Waals surface area contributed by atoms with Gasteiger partial charge in [-0.1, -0.05) is 26.0 Å². The van der Waals surface area contributed by atoms with Gasteiger partial charge in [0.1, 0.15) is 23.4 Å². The van der Waals surface area contributed by atoms with E-state index < -0.39 is 16.6 Å². The lowest BCUT2D eigenvalue weighted by Crippen LogP contribution is -2.32. The van der Waals surface area contributed by atoms with Gasteiger partial charge in [0.25, 0.3) is 5.82 Å². The molecule has 0 aliphatic rings. The minimum absolute atomic E-state index is 0.105. The summed E-state index contributed by atoms with van der Waals surface area (Å²) in [6.07, 6.45) is 1.47. The van der Waals surface area contributed by atoms with Crippen LogP contribution < -0.4 is 14.6 Å². The van der Waals surface area contributed by atoms with Crippen LogP contribution in [0.15, 0.2) is 47.5 Å². The maximum absolute atomic E-state index is 12.5. The molecule has 148 valence electrons. The average Bonchev–Trinajstić information content (AvgIpc) is 2.64. The van der Waals surface area contributed by atoms with Crippen LogP contribution in [0, 0.1) is 0 Å². The van der Waals surface area contributed by atoms with Crippen LogP contribution in [0.4, 0.5) is 14.6 Å². The number of alkyl halides is 2. The molecule has 1 aromatic carbocycles. The highest BCUT2D eigenvalue weighted by Crippen LogP contribution is 2.18. The number of halogens is 2. The molecule has 0 aliphatic heterocycles. The van der Waals surface area contributed by atoms with E-state index >= 15 is 0 Å². The Morgan fingerprint density at radius 3 is 2.19 bits per heavy atom. The Hall–Kier alpha value is -2.26. The highest BCUT2D eigenvalue weighted by atomic mass is 32.2. The maximum atomic E-state index is 12.5. The van der Waals surface area contributed by atoms with E-state index in [-0.39, 0.29) is 10.6 Å². The Kier molecular flexibility index (Phi) is 7.09. The Labute approximate surface area is 158 Å². The number of rotatable bonds is 9. The van der Waals surface area contributed by atoms with Gasteiger partial charge in [0.05, 0.1) is 7.05 Å². The first-order chi connectivity index (χ1) is 12.8. The number of aromatic amines is 1. The molecule has 0 saturated heterocycles. The van der Waals surface area contributed by atoms with Crippen molar-refractivity contribution < 1.29 is 26.9 Å². The Morgan fingerprint density at radius 2 is 1.70 bits per heavy atom. The number of hydrogen-bond donors (Lipinski definition) is 0. The molecule has 0 aliphatic carbocycles. The molecule has 0 spiro atoms. The molecule has 6 nitrogen and oxygen atoms in total. The predicted molar refractivity (Wildman–Crippen MR) is 98.3 cm³/mol. The minimum atomic E-state index is -3.51. The Balaban J connectivity index is 2.08. The first-order valence-electron chi connectivity index (χ1n) is 8.54. The smallest absolute Gasteiger partial charge is 0.387 e. The van der Waals surface area contributed by atoms with E-state index in [1.807, 2.05) is 11.9 Å². The van der Waals surface area contributed by atoms with Gasteiger partial charge in [0, 0.05) is 19.2 Å². The van der Waals surface area contributed by atoms with Crippen molar-refractivity contribution in [3.63, 3.8) is 0 Å². The van der Waals surface area contributed by atoms with Crippen LogP contribution >= 0.6 is 0 Å². The molecule has 0 bridgehead atoms. The van der Waals surface area contributed by atoms with Gasteiger partial charge in [-0.2, -0.15) is 13.1 Å². The van der Waals surface area contributed by atoms with Crippen molar-refractivity contribution in [1.29, 1.82) is 0 Å². The normalized spacial score (nSPS) is 11.8. The summed E-state index contributed by atoms with van der Waals surface area (Å²) >= 11 is 0. The number of anilines is 1. The molecule has 0 saturated carbocycles. The molecule has 1 heterocycles. The number of benzene rings is 1. The summed E-state index contributed by atoms with van der Waals surface area (Å²) < 4.78 is 55.1. The number of sulfonamides is 1. The van der Waals surface area contributed by atoms with E-state index in [2.05, 4.69) is 9.72 Å². The van der Waals surface area contributed by atoms with E-state index in [4.69, 9.17) is 0 Å². The van der Waals surface area contributed by atoms with Crippen molar-refractivity contribution in [2.75, 3.05) is 25.0 Å². The van der Waals surface area contributed by atoms with Crippen LogP contribution in [0.25, 0.3) is 0 Å². The average molecular weight is 400 g/mol.